The summed E-state index contributed by atoms with van der Waals surface area (Å²) in [5.41, 5.74) is 0.661. The van der Waals surface area contributed by atoms with Gasteiger partial charge in [0.05, 0.1) is 13.2 Å². The maximum absolute atomic E-state index is 11.8. The van der Waals surface area contributed by atoms with Gasteiger partial charge in [0.1, 0.15) is 5.57 Å². The van der Waals surface area contributed by atoms with Gasteiger partial charge >= 0.3 is 11.9 Å². The Labute approximate surface area is 125 Å². The third-order valence-corrected chi connectivity index (χ3v) is 2.82. The fraction of sp³-hybridized carbons (Fsp3) is 0.286. The summed E-state index contributed by atoms with van der Waals surface area (Å²) in [5, 5.41) is 0. The first-order valence-electron chi connectivity index (χ1n) is 5.90. The van der Waals surface area contributed by atoms with E-state index < -0.39 is 11.9 Å². The normalized spacial score (nSPS) is 9.63. The van der Waals surface area contributed by atoms with Crippen LogP contribution in [-0.4, -0.2) is 25.2 Å². The van der Waals surface area contributed by atoms with Crippen molar-refractivity contribution in [2.24, 2.45) is 0 Å². The first-order valence-corrected chi connectivity index (χ1v) is 6.97. The number of rotatable bonds is 5. The average Bonchev–Trinajstić information content (AvgIpc) is 2.36. The third kappa shape index (κ3) is 5.02. The molecule has 0 aliphatic carbocycles. The predicted molar refractivity (Wildman–Crippen MR) is 80.4 cm³/mol. The Morgan fingerprint density at radius 1 is 1.16 bits per heavy atom. The van der Waals surface area contributed by atoms with E-state index in [4.69, 9.17) is 9.47 Å². The van der Waals surface area contributed by atoms with Crippen LogP contribution >= 0.6 is 22.6 Å². The van der Waals surface area contributed by atoms with Crippen molar-refractivity contribution in [3.8, 4) is 0 Å². The highest BCUT2D eigenvalue weighted by atomic mass is 127. The van der Waals surface area contributed by atoms with Crippen LogP contribution in [0.3, 0.4) is 0 Å². The summed E-state index contributed by atoms with van der Waals surface area (Å²) in [6.45, 7) is 3.79. The molecule has 1 aromatic carbocycles. The second kappa shape index (κ2) is 7.93. The lowest BCUT2D eigenvalue weighted by atomic mass is 10.1. The zero-order valence-electron chi connectivity index (χ0n) is 10.8. The number of hydrogen-bond acceptors (Lipinski definition) is 4. The van der Waals surface area contributed by atoms with Crippen molar-refractivity contribution >= 4 is 40.6 Å². The predicted octanol–water partition coefficient (Wildman–Crippen LogP) is 2.80. The van der Waals surface area contributed by atoms with Gasteiger partial charge in [0, 0.05) is 3.57 Å². The fourth-order valence-electron chi connectivity index (χ4n) is 1.38. The van der Waals surface area contributed by atoms with E-state index in [9.17, 15) is 9.59 Å². The van der Waals surface area contributed by atoms with E-state index in [2.05, 4.69) is 22.6 Å². The molecule has 0 saturated heterocycles. The molecular formula is C14H15IO4. The number of benzene rings is 1. The van der Waals surface area contributed by atoms with E-state index in [0.717, 1.165) is 9.13 Å². The van der Waals surface area contributed by atoms with Crippen LogP contribution in [0.1, 0.15) is 19.4 Å². The molecule has 0 aromatic heterocycles. The molecule has 0 spiro atoms. The lowest BCUT2D eigenvalue weighted by Gasteiger charge is -2.06. The Morgan fingerprint density at radius 2 is 1.74 bits per heavy atom. The summed E-state index contributed by atoms with van der Waals surface area (Å²) in [7, 11) is 0. The Morgan fingerprint density at radius 3 is 2.21 bits per heavy atom. The number of carbonyl (C=O) groups excluding carboxylic acids is 2. The molecule has 0 aliphatic rings. The first kappa shape index (κ1) is 15.7. The molecule has 4 nitrogen and oxygen atoms in total. The molecule has 0 amide bonds. The molecule has 1 aromatic rings. The van der Waals surface area contributed by atoms with Crippen LogP contribution in [0, 0.1) is 3.57 Å². The third-order valence-electron chi connectivity index (χ3n) is 2.15. The van der Waals surface area contributed by atoms with Gasteiger partial charge < -0.3 is 9.47 Å². The van der Waals surface area contributed by atoms with E-state index in [1.54, 1.807) is 19.9 Å². The lowest BCUT2D eigenvalue weighted by molar-refractivity contribution is -0.146. The maximum atomic E-state index is 11.8. The van der Waals surface area contributed by atoms with Crippen molar-refractivity contribution in [1.29, 1.82) is 0 Å². The largest absolute Gasteiger partial charge is 0.462 e. The standard InChI is InChI=1S/C14H15IO4/c1-3-18-13(16)12(14(17)19-4-2)9-10-6-5-7-11(15)8-10/h5-9H,3-4H2,1-2H3. The molecular weight excluding hydrogens is 359 g/mol. The van der Waals surface area contributed by atoms with Crippen molar-refractivity contribution in [2.75, 3.05) is 13.2 Å². The molecule has 0 radical (unpaired) electrons. The van der Waals surface area contributed by atoms with Gasteiger partial charge in [0.25, 0.3) is 0 Å². The highest BCUT2D eigenvalue weighted by Crippen LogP contribution is 2.13. The Balaban J connectivity index is 3.08. The molecule has 5 heteroatoms. The molecule has 0 unspecified atom stereocenters. The van der Waals surface area contributed by atoms with Gasteiger partial charge in [0.15, 0.2) is 0 Å². The number of carbonyl (C=O) groups is 2. The Bertz CT molecular complexity index is 474. The van der Waals surface area contributed by atoms with Gasteiger partial charge in [-0.2, -0.15) is 0 Å². The van der Waals surface area contributed by atoms with Crippen LogP contribution in [0.4, 0.5) is 0 Å². The first-order chi connectivity index (χ1) is 9.08. The van der Waals surface area contributed by atoms with Gasteiger partial charge in [-0.3, -0.25) is 0 Å². The monoisotopic (exact) mass is 374 g/mol. The van der Waals surface area contributed by atoms with Crippen molar-refractivity contribution in [2.45, 2.75) is 13.8 Å². The number of hydrogen-bond donors (Lipinski definition) is 0. The number of esters is 2. The van der Waals surface area contributed by atoms with E-state index in [0.29, 0.717) is 0 Å². The Hall–Kier alpha value is -1.37. The summed E-state index contributed by atoms with van der Waals surface area (Å²) in [4.78, 5) is 23.5. The second-order valence-corrected chi connectivity index (χ2v) is 4.80. The molecule has 0 aliphatic heterocycles. The minimum Gasteiger partial charge on any atom is -0.462 e. The molecule has 0 N–H and O–H groups in total. The topological polar surface area (TPSA) is 52.6 Å². The van der Waals surface area contributed by atoms with Gasteiger partial charge in [0.2, 0.25) is 0 Å². The zero-order chi connectivity index (χ0) is 14.3. The number of ether oxygens (including phenoxy) is 2. The van der Waals surface area contributed by atoms with Crippen LogP contribution in [0.15, 0.2) is 29.8 Å². The molecule has 0 atom stereocenters. The van der Waals surface area contributed by atoms with Gasteiger partial charge in [-0.1, -0.05) is 12.1 Å². The SMILES string of the molecule is CCOC(=O)C(=Cc1cccc(I)c1)C(=O)OCC. The van der Waals surface area contributed by atoms with Crippen LogP contribution in [-0.2, 0) is 19.1 Å². The van der Waals surface area contributed by atoms with Gasteiger partial charge in [-0.15, -0.1) is 0 Å². The summed E-state index contributed by atoms with van der Waals surface area (Å²) in [5.74, 6) is -1.33. The van der Waals surface area contributed by atoms with Crippen LogP contribution in [0.5, 0.6) is 0 Å². The molecule has 0 fully saturated rings. The van der Waals surface area contributed by atoms with Gasteiger partial charge in [-0.05, 0) is 60.2 Å². The van der Waals surface area contributed by atoms with Crippen LogP contribution < -0.4 is 0 Å². The molecule has 1 rings (SSSR count). The summed E-state index contributed by atoms with van der Waals surface area (Å²) >= 11 is 2.16. The minimum absolute atomic E-state index is 0.0919. The van der Waals surface area contributed by atoms with Gasteiger partial charge in [-0.25, -0.2) is 9.59 Å². The smallest absolute Gasteiger partial charge is 0.345 e. The van der Waals surface area contributed by atoms with E-state index in [1.807, 2.05) is 18.2 Å². The second-order valence-electron chi connectivity index (χ2n) is 3.55. The van der Waals surface area contributed by atoms with Crippen molar-refractivity contribution in [3.05, 3.63) is 39.0 Å². The highest BCUT2D eigenvalue weighted by molar-refractivity contribution is 14.1. The van der Waals surface area contributed by atoms with E-state index in [1.165, 1.54) is 6.08 Å². The summed E-state index contributed by atoms with van der Waals surface area (Å²) in [6.07, 6.45) is 1.48. The maximum Gasteiger partial charge on any atom is 0.345 e. The minimum atomic E-state index is -0.667. The quantitative estimate of drug-likeness (QED) is 0.262. The van der Waals surface area contributed by atoms with E-state index in [-0.39, 0.29) is 18.8 Å². The molecule has 0 saturated carbocycles. The summed E-state index contributed by atoms with van der Waals surface area (Å²) in [6, 6.07) is 7.44. The molecule has 19 heavy (non-hydrogen) atoms. The lowest BCUT2D eigenvalue weighted by Crippen LogP contribution is -2.18. The van der Waals surface area contributed by atoms with Crippen molar-refractivity contribution in [3.63, 3.8) is 0 Å². The molecule has 0 heterocycles. The molecule has 0 bridgehead atoms. The van der Waals surface area contributed by atoms with Crippen molar-refractivity contribution < 1.29 is 19.1 Å². The summed E-state index contributed by atoms with van der Waals surface area (Å²) < 4.78 is 10.7. The average molecular weight is 374 g/mol. The number of halogens is 1. The fourth-order valence-corrected chi connectivity index (χ4v) is 1.95. The van der Waals surface area contributed by atoms with Crippen LogP contribution in [0.25, 0.3) is 6.08 Å². The molecule has 102 valence electrons. The van der Waals surface area contributed by atoms with Crippen molar-refractivity contribution in [1.82, 2.24) is 0 Å². The highest BCUT2D eigenvalue weighted by Gasteiger charge is 2.20. The van der Waals surface area contributed by atoms with Crippen LogP contribution in [0.2, 0.25) is 0 Å². The Kier molecular flexibility index (Phi) is 6.55. The zero-order valence-corrected chi connectivity index (χ0v) is 13.0. The van der Waals surface area contributed by atoms with E-state index >= 15 is 0 Å².